The molecule has 1 N–H and O–H groups in total. The highest BCUT2D eigenvalue weighted by atomic mass is 15.2. The first kappa shape index (κ1) is 14.8. The standard InChI is InChI=1S/C18H34N2/c1-2-17(16-9-10-16)19-15-18(11-5-3-6-12-18)20-13-7-4-8-14-20/h16-17,19H,2-15H2,1H3. The van der Waals surface area contributed by atoms with Gasteiger partial charge in [0.05, 0.1) is 0 Å². The summed E-state index contributed by atoms with van der Waals surface area (Å²) >= 11 is 0. The fourth-order valence-electron chi connectivity index (χ4n) is 4.65. The van der Waals surface area contributed by atoms with Crippen molar-refractivity contribution in [2.75, 3.05) is 19.6 Å². The molecule has 1 saturated heterocycles. The molecule has 2 aliphatic carbocycles. The molecule has 3 aliphatic rings. The highest BCUT2D eigenvalue weighted by molar-refractivity contribution is 4.98. The summed E-state index contributed by atoms with van der Waals surface area (Å²) in [6, 6.07) is 0.804. The molecule has 1 unspecified atom stereocenters. The lowest BCUT2D eigenvalue weighted by molar-refractivity contribution is 0.0307. The van der Waals surface area contributed by atoms with Crippen molar-refractivity contribution < 1.29 is 0 Å². The van der Waals surface area contributed by atoms with E-state index in [1.807, 2.05) is 0 Å². The van der Waals surface area contributed by atoms with Gasteiger partial charge in [-0.25, -0.2) is 0 Å². The number of piperidine rings is 1. The van der Waals surface area contributed by atoms with E-state index in [2.05, 4.69) is 17.1 Å². The Morgan fingerprint density at radius 1 is 1.00 bits per heavy atom. The molecule has 3 fully saturated rings. The van der Waals surface area contributed by atoms with Crippen LogP contribution in [-0.2, 0) is 0 Å². The van der Waals surface area contributed by atoms with Gasteiger partial charge in [-0.1, -0.05) is 32.6 Å². The molecule has 1 heterocycles. The molecule has 0 radical (unpaired) electrons. The van der Waals surface area contributed by atoms with Crippen molar-refractivity contribution in [2.24, 2.45) is 5.92 Å². The maximum Gasteiger partial charge on any atom is 0.0334 e. The molecule has 116 valence electrons. The lowest BCUT2D eigenvalue weighted by atomic mass is 9.79. The van der Waals surface area contributed by atoms with E-state index in [1.165, 1.54) is 90.3 Å². The van der Waals surface area contributed by atoms with Gasteiger partial charge in [0.2, 0.25) is 0 Å². The lowest BCUT2D eigenvalue weighted by Crippen LogP contribution is -2.58. The van der Waals surface area contributed by atoms with Crippen LogP contribution in [0, 0.1) is 5.92 Å². The summed E-state index contributed by atoms with van der Waals surface area (Å²) in [5, 5.41) is 4.00. The van der Waals surface area contributed by atoms with Gasteiger partial charge < -0.3 is 5.32 Å². The third kappa shape index (κ3) is 3.39. The number of hydrogen-bond donors (Lipinski definition) is 1. The van der Waals surface area contributed by atoms with Gasteiger partial charge in [-0.2, -0.15) is 0 Å². The molecule has 20 heavy (non-hydrogen) atoms. The fourth-order valence-corrected chi connectivity index (χ4v) is 4.65. The molecule has 3 rings (SSSR count). The third-order valence-corrected chi connectivity index (χ3v) is 6.14. The molecule has 2 nitrogen and oxygen atoms in total. The zero-order valence-electron chi connectivity index (χ0n) is 13.5. The summed E-state index contributed by atoms with van der Waals surface area (Å²) < 4.78 is 0. The van der Waals surface area contributed by atoms with Crippen molar-refractivity contribution in [2.45, 2.75) is 89.1 Å². The molecule has 0 aromatic heterocycles. The summed E-state index contributed by atoms with van der Waals surface area (Å²) in [5.74, 6) is 1.00. The van der Waals surface area contributed by atoms with Crippen LogP contribution in [0.4, 0.5) is 0 Å². The number of hydrogen-bond acceptors (Lipinski definition) is 2. The lowest BCUT2D eigenvalue weighted by Gasteiger charge is -2.49. The smallest absolute Gasteiger partial charge is 0.0334 e. The van der Waals surface area contributed by atoms with Crippen LogP contribution in [0.5, 0.6) is 0 Å². The van der Waals surface area contributed by atoms with Crippen molar-refractivity contribution in [3.8, 4) is 0 Å². The van der Waals surface area contributed by atoms with Gasteiger partial charge in [0, 0.05) is 18.1 Å². The molecule has 0 aromatic rings. The van der Waals surface area contributed by atoms with Crippen LogP contribution in [0.25, 0.3) is 0 Å². The number of nitrogens with one attached hydrogen (secondary N) is 1. The fraction of sp³-hybridized carbons (Fsp3) is 1.00. The normalized spacial score (nSPS) is 29.2. The third-order valence-electron chi connectivity index (χ3n) is 6.14. The van der Waals surface area contributed by atoms with Crippen LogP contribution in [-0.4, -0.2) is 36.1 Å². The minimum absolute atomic E-state index is 0.515. The van der Waals surface area contributed by atoms with E-state index < -0.39 is 0 Å². The Kier molecular flexibility index (Phi) is 5.04. The second-order valence-corrected chi connectivity index (χ2v) is 7.57. The van der Waals surface area contributed by atoms with E-state index >= 15 is 0 Å². The first-order valence-electron chi connectivity index (χ1n) is 9.32. The zero-order chi connectivity index (χ0) is 13.8. The molecule has 0 aromatic carbocycles. The van der Waals surface area contributed by atoms with Gasteiger partial charge in [0.1, 0.15) is 0 Å². The second-order valence-electron chi connectivity index (χ2n) is 7.57. The molecule has 2 heteroatoms. The minimum Gasteiger partial charge on any atom is -0.312 e. The number of likely N-dealkylation sites (tertiary alicyclic amines) is 1. The summed E-state index contributed by atoms with van der Waals surface area (Å²) in [6.45, 7) is 6.36. The molecule has 0 amide bonds. The average Bonchev–Trinajstić information content (AvgIpc) is 3.35. The van der Waals surface area contributed by atoms with E-state index in [0.29, 0.717) is 5.54 Å². The average molecular weight is 278 g/mol. The SMILES string of the molecule is CCC(NCC1(N2CCCCC2)CCCCC1)C1CC1. The van der Waals surface area contributed by atoms with E-state index in [-0.39, 0.29) is 0 Å². The minimum atomic E-state index is 0.515. The number of rotatable bonds is 6. The quantitative estimate of drug-likeness (QED) is 0.791. The van der Waals surface area contributed by atoms with Crippen LogP contribution in [0.1, 0.15) is 77.6 Å². The Balaban J connectivity index is 1.61. The van der Waals surface area contributed by atoms with Gasteiger partial charge >= 0.3 is 0 Å². The predicted octanol–water partition coefficient (Wildman–Crippen LogP) is 3.95. The van der Waals surface area contributed by atoms with Crippen molar-refractivity contribution in [1.29, 1.82) is 0 Å². The summed E-state index contributed by atoms with van der Waals surface area (Å²) in [4.78, 5) is 2.88. The molecule has 1 aliphatic heterocycles. The van der Waals surface area contributed by atoms with Crippen molar-refractivity contribution >= 4 is 0 Å². The van der Waals surface area contributed by atoms with Gasteiger partial charge in [-0.3, -0.25) is 4.90 Å². The summed E-state index contributed by atoms with van der Waals surface area (Å²) in [7, 11) is 0. The molecule has 2 saturated carbocycles. The highest BCUT2D eigenvalue weighted by Crippen LogP contribution is 2.37. The largest absolute Gasteiger partial charge is 0.312 e. The van der Waals surface area contributed by atoms with Crippen LogP contribution in [0.2, 0.25) is 0 Å². The Hall–Kier alpha value is -0.0800. The predicted molar refractivity (Wildman–Crippen MR) is 86.0 cm³/mol. The maximum atomic E-state index is 4.00. The van der Waals surface area contributed by atoms with Gasteiger partial charge in [-0.15, -0.1) is 0 Å². The first-order chi connectivity index (χ1) is 9.84. The van der Waals surface area contributed by atoms with Gasteiger partial charge in [0.15, 0.2) is 0 Å². The first-order valence-corrected chi connectivity index (χ1v) is 9.32. The summed E-state index contributed by atoms with van der Waals surface area (Å²) in [6.07, 6.45) is 15.9. The van der Waals surface area contributed by atoms with Crippen LogP contribution in [0.3, 0.4) is 0 Å². The second kappa shape index (κ2) is 6.79. The van der Waals surface area contributed by atoms with Crippen LogP contribution < -0.4 is 5.32 Å². The van der Waals surface area contributed by atoms with E-state index in [9.17, 15) is 0 Å². The maximum absolute atomic E-state index is 4.00. The Morgan fingerprint density at radius 3 is 2.25 bits per heavy atom. The van der Waals surface area contributed by atoms with Crippen LogP contribution >= 0.6 is 0 Å². The van der Waals surface area contributed by atoms with Crippen molar-refractivity contribution in [1.82, 2.24) is 10.2 Å². The van der Waals surface area contributed by atoms with Gasteiger partial charge in [0.25, 0.3) is 0 Å². The molecular formula is C18H34N2. The Bertz CT molecular complexity index is 286. The Morgan fingerprint density at radius 2 is 1.65 bits per heavy atom. The van der Waals surface area contributed by atoms with Crippen LogP contribution in [0.15, 0.2) is 0 Å². The summed E-state index contributed by atoms with van der Waals surface area (Å²) in [5.41, 5.74) is 0.515. The molecule has 0 spiro atoms. The topological polar surface area (TPSA) is 15.3 Å². The van der Waals surface area contributed by atoms with E-state index in [0.717, 1.165) is 12.0 Å². The zero-order valence-corrected chi connectivity index (χ0v) is 13.5. The molecular weight excluding hydrogens is 244 g/mol. The van der Waals surface area contributed by atoms with Crippen molar-refractivity contribution in [3.63, 3.8) is 0 Å². The van der Waals surface area contributed by atoms with E-state index in [4.69, 9.17) is 0 Å². The number of nitrogens with zero attached hydrogens (tertiary/aromatic N) is 1. The van der Waals surface area contributed by atoms with E-state index in [1.54, 1.807) is 0 Å². The molecule has 1 atom stereocenters. The molecule has 0 bridgehead atoms. The monoisotopic (exact) mass is 278 g/mol. The Labute approximate surface area is 125 Å². The highest BCUT2D eigenvalue weighted by Gasteiger charge is 2.39. The van der Waals surface area contributed by atoms with Gasteiger partial charge in [-0.05, 0) is 64.0 Å². The van der Waals surface area contributed by atoms with Crippen molar-refractivity contribution in [3.05, 3.63) is 0 Å².